The highest BCUT2D eigenvalue weighted by molar-refractivity contribution is 8.00. The van der Waals surface area contributed by atoms with Gasteiger partial charge in [0, 0.05) is 25.9 Å². The third-order valence-electron chi connectivity index (χ3n) is 3.96. The molecule has 0 radical (unpaired) electrons. The molecule has 0 saturated carbocycles. The van der Waals surface area contributed by atoms with E-state index in [1.54, 1.807) is 11.8 Å². The van der Waals surface area contributed by atoms with E-state index in [4.69, 9.17) is 0 Å². The lowest BCUT2D eigenvalue weighted by atomic mass is 10.1. The lowest BCUT2D eigenvalue weighted by Gasteiger charge is -2.14. The second kappa shape index (κ2) is 11.5. The van der Waals surface area contributed by atoms with Crippen molar-refractivity contribution in [3.05, 3.63) is 0 Å². The van der Waals surface area contributed by atoms with Crippen molar-refractivity contribution >= 4 is 29.5 Å². The van der Waals surface area contributed by atoms with E-state index in [0.717, 1.165) is 50.8 Å². The minimum atomic E-state index is -0.179. The monoisotopic (exact) mass is 342 g/mol. The molecule has 0 aromatic rings. The highest BCUT2D eigenvalue weighted by Crippen LogP contribution is 2.25. The molecule has 1 aliphatic rings. The predicted octanol–water partition coefficient (Wildman–Crippen LogP) is 2.73. The first-order chi connectivity index (χ1) is 11.1. The van der Waals surface area contributed by atoms with E-state index in [9.17, 15) is 14.4 Å². The molecule has 5 nitrogen and oxygen atoms in total. The average Bonchev–Trinajstić information content (AvgIpc) is 2.79. The molecule has 132 valence electrons. The summed E-state index contributed by atoms with van der Waals surface area (Å²) in [6.07, 6.45) is 6.67. The van der Waals surface area contributed by atoms with Gasteiger partial charge in [-0.2, -0.15) is 0 Å². The zero-order valence-electron chi connectivity index (χ0n) is 14.4. The first-order valence-corrected chi connectivity index (χ1v) is 9.87. The maximum Gasteiger partial charge on any atom is 0.242 e. The summed E-state index contributed by atoms with van der Waals surface area (Å²) in [6, 6.07) is 0. The molecule has 0 spiro atoms. The zero-order chi connectivity index (χ0) is 17.1. The summed E-state index contributed by atoms with van der Waals surface area (Å²) < 4.78 is 0. The van der Waals surface area contributed by atoms with E-state index in [1.165, 1.54) is 4.90 Å². The Hall–Kier alpha value is -1.04. The van der Waals surface area contributed by atoms with Crippen LogP contribution in [0.2, 0.25) is 0 Å². The molecule has 0 aromatic heterocycles. The van der Waals surface area contributed by atoms with Crippen molar-refractivity contribution in [3.8, 4) is 0 Å². The van der Waals surface area contributed by atoms with Crippen LogP contribution in [0.15, 0.2) is 0 Å². The Kier molecular flexibility index (Phi) is 9.99. The van der Waals surface area contributed by atoms with Gasteiger partial charge < -0.3 is 5.32 Å². The van der Waals surface area contributed by atoms with Crippen LogP contribution in [-0.2, 0) is 14.4 Å². The number of thioether (sulfide) groups is 1. The fraction of sp³-hybridized carbons (Fsp3) is 0.824. The van der Waals surface area contributed by atoms with Gasteiger partial charge in [0.05, 0.1) is 5.25 Å². The van der Waals surface area contributed by atoms with Crippen LogP contribution in [0.3, 0.4) is 0 Å². The molecule has 1 saturated heterocycles. The van der Waals surface area contributed by atoms with Crippen molar-refractivity contribution in [1.82, 2.24) is 10.2 Å². The molecule has 0 aromatic carbocycles. The summed E-state index contributed by atoms with van der Waals surface area (Å²) >= 11 is 1.55. The summed E-state index contributed by atoms with van der Waals surface area (Å²) in [5, 5.41) is 2.74. The van der Waals surface area contributed by atoms with Gasteiger partial charge in [0.25, 0.3) is 0 Å². The molecule has 6 heteroatoms. The molecule has 1 unspecified atom stereocenters. The van der Waals surface area contributed by atoms with Gasteiger partial charge in [-0.15, -0.1) is 11.8 Å². The summed E-state index contributed by atoms with van der Waals surface area (Å²) in [4.78, 5) is 36.9. The second-order valence-electron chi connectivity index (χ2n) is 5.90. The number of rotatable bonds is 12. The Morgan fingerprint density at radius 3 is 2.65 bits per heavy atom. The van der Waals surface area contributed by atoms with E-state index in [2.05, 4.69) is 12.2 Å². The molecular weight excluding hydrogens is 312 g/mol. The number of amides is 3. The zero-order valence-corrected chi connectivity index (χ0v) is 15.3. The number of hydrogen-bond acceptors (Lipinski definition) is 4. The van der Waals surface area contributed by atoms with E-state index in [0.29, 0.717) is 19.4 Å². The molecule has 1 rings (SSSR count). The molecule has 1 atom stereocenters. The van der Waals surface area contributed by atoms with E-state index in [1.807, 2.05) is 6.92 Å². The van der Waals surface area contributed by atoms with Gasteiger partial charge in [0.1, 0.15) is 0 Å². The van der Waals surface area contributed by atoms with Gasteiger partial charge in [-0.3, -0.25) is 19.3 Å². The Balaban J connectivity index is 2.09. The SMILES string of the molecule is CCCCCNC(=O)CCCCCN1C(=O)CC(SCC)C1=O. The third kappa shape index (κ3) is 7.38. The normalized spacial score (nSPS) is 17.8. The minimum Gasteiger partial charge on any atom is -0.356 e. The largest absolute Gasteiger partial charge is 0.356 e. The minimum absolute atomic E-state index is 0.0319. The van der Waals surface area contributed by atoms with E-state index < -0.39 is 0 Å². The molecule has 0 bridgehead atoms. The molecule has 1 N–H and O–H groups in total. The highest BCUT2D eigenvalue weighted by atomic mass is 32.2. The molecule has 1 fully saturated rings. The van der Waals surface area contributed by atoms with Crippen LogP contribution >= 0.6 is 11.8 Å². The average molecular weight is 343 g/mol. The van der Waals surface area contributed by atoms with Crippen molar-refractivity contribution in [1.29, 1.82) is 0 Å². The van der Waals surface area contributed by atoms with Crippen molar-refractivity contribution in [2.75, 3.05) is 18.8 Å². The van der Waals surface area contributed by atoms with E-state index in [-0.39, 0.29) is 23.0 Å². The third-order valence-corrected chi connectivity index (χ3v) is 5.06. The number of likely N-dealkylation sites (tertiary alicyclic amines) is 1. The van der Waals surface area contributed by atoms with Crippen molar-refractivity contribution in [2.45, 2.75) is 70.5 Å². The predicted molar refractivity (Wildman–Crippen MR) is 94.3 cm³/mol. The van der Waals surface area contributed by atoms with Crippen LogP contribution in [0.25, 0.3) is 0 Å². The lowest BCUT2D eigenvalue weighted by Crippen LogP contribution is -2.32. The van der Waals surface area contributed by atoms with Gasteiger partial charge >= 0.3 is 0 Å². The smallest absolute Gasteiger partial charge is 0.242 e. The van der Waals surface area contributed by atoms with Crippen molar-refractivity contribution in [2.24, 2.45) is 0 Å². The first-order valence-electron chi connectivity index (χ1n) is 8.82. The number of imide groups is 1. The van der Waals surface area contributed by atoms with Crippen LogP contribution in [0, 0.1) is 0 Å². The summed E-state index contributed by atoms with van der Waals surface area (Å²) in [5.41, 5.74) is 0. The Morgan fingerprint density at radius 2 is 1.96 bits per heavy atom. The van der Waals surface area contributed by atoms with Gasteiger partial charge in [0.2, 0.25) is 17.7 Å². The van der Waals surface area contributed by atoms with Gasteiger partial charge in [-0.05, 0) is 25.0 Å². The van der Waals surface area contributed by atoms with Crippen LogP contribution in [0.4, 0.5) is 0 Å². The molecule has 0 aliphatic carbocycles. The fourth-order valence-electron chi connectivity index (χ4n) is 2.64. The summed E-state index contributed by atoms with van der Waals surface area (Å²) in [5.74, 6) is 0.879. The maximum atomic E-state index is 12.1. The topological polar surface area (TPSA) is 66.5 Å². The lowest BCUT2D eigenvalue weighted by molar-refractivity contribution is -0.138. The standard InChI is InChI=1S/C17H30N2O3S/c1-3-5-8-11-18-15(20)10-7-6-9-12-19-16(21)13-14(17(19)22)23-4-2/h14H,3-13H2,1-2H3,(H,18,20). The number of hydrogen-bond donors (Lipinski definition) is 1. The second-order valence-corrected chi connectivity index (χ2v) is 7.38. The molecule has 3 amide bonds. The van der Waals surface area contributed by atoms with Crippen molar-refractivity contribution in [3.63, 3.8) is 0 Å². The number of nitrogens with one attached hydrogen (secondary N) is 1. The molecule has 23 heavy (non-hydrogen) atoms. The van der Waals surface area contributed by atoms with Gasteiger partial charge in [-0.1, -0.05) is 33.1 Å². The summed E-state index contributed by atoms with van der Waals surface area (Å²) in [6.45, 7) is 5.40. The Bertz CT molecular complexity index is 401. The van der Waals surface area contributed by atoms with Gasteiger partial charge in [0.15, 0.2) is 0 Å². The quantitative estimate of drug-likeness (QED) is 0.437. The van der Waals surface area contributed by atoms with Crippen LogP contribution in [0.5, 0.6) is 0 Å². The number of carbonyl (C=O) groups is 3. The van der Waals surface area contributed by atoms with Crippen LogP contribution < -0.4 is 5.32 Å². The van der Waals surface area contributed by atoms with Crippen LogP contribution in [0.1, 0.15) is 65.2 Å². The highest BCUT2D eigenvalue weighted by Gasteiger charge is 2.37. The molecular formula is C17H30N2O3S. The molecule has 1 heterocycles. The summed E-state index contributed by atoms with van der Waals surface area (Å²) in [7, 11) is 0. The first kappa shape index (κ1) is 20.0. The van der Waals surface area contributed by atoms with Crippen LogP contribution in [-0.4, -0.2) is 46.7 Å². The molecule has 1 aliphatic heterocycles. The maximum absolute atomic E-state index is 12.1. The number of unbranched alkanes of at least 4 members (excludes halogenated alkanes) is 4. The Labute approximate surface area is 143 Å². The number of nitrogens with zero attached hydrogens (tertiary/aromatic N) is 1. The van der Waals surface area contributed by atoms with E-state index >= 15 is 0 Å². The van der Waals surface area contributed by atoms with Crippen molar-refractivity contribution < 1.29 is 14.4 Å². The fourth-order valence-corrected chi connectivity index (χ4v) is 3.58. The van der Waals surface area contributed by atoms with Gasteiger partial charge in [-0.25, -0.2) is 0 Å². The Morgan fingerprint density at radius 1 is 1.17 bits per heavy atom. The number of carbonyl (C=O) groups excluding carboxylic acids is 3.